The highest BCUT2D eigenvalue weighted by Gasteiger charge is 2.04. The number of hydrogen-bond donors (Lipinski definition) is 2. The number of nitrogens with zero attached hydrogens (tertiary/aromatic N) is 2. The second-order valence-corrected chi connectivity index (χ2v) is 3.83. The summed E-state index contributed by atoms with van der Waals surface area (Å²) in [5.74, 6) is 1.59. The molecule has 1 aromatic rings. The van der Waals surface area contributed by atoms with E-state index in [2.05, 4.69) is 5.16 Å². The van der Waals surface area contributed by atoms with Gasteiger partial charge in [0.05, 0.1) is 13.7 Å². The minimum Gasteiger partial charge on any atom is -0.493 e. The second-order valence-electron chi connectivity index (χ2n) is 3.83. The zero-order valence-electron chi connectivity index (χ0n) is 10.7. The first-order valence-electron chi connectivity index (χ1n) is 5.58. The summed E-state index contributed by atoms with van der Waals surface area (Å²) >= 11 is 0. The SMILES string of the molecule is COc1ccccc1OCCN(C)CC(N)=NO. The highest BCUT2D eigenvalue weighted by molar-refractivity contribution is 5.81. The molecule has 0 bridgehead atoms. The lowest BCUT2D eigenvalue weighted by Gasteiger charge is -2.16. The molecule has 18 heavy (non-hydrogen) atoms. The molecule has 0 amide bonds. The summed E-state index contributed by atoms with van der Waals surface area (Å²) in [5.41, 5.74) is 5.40. The number of nitrogens with two attached hydrogens (primary N) is 1. The van der Waals surface area contributed by atoms with Crippen LogP contribution in [0.3, 0.4) is 0 Å². The van der Waals surface area contributed by atoms with Crippen molar-refractivity contribution in [1.82, 2.24) is 4.90 Å². The van der Waals surface area contributed by atoms with Crippen LogP contribution in [0.25, 0.3) is 0 Å². The van der Waals surface area contributed by atoms with Crippen LogP contribution in [0.4, 0.5) is 0 Å². The predicted molar refractivity (Wildman–Crippen MR) is 69.4 cm³/mol. The van der Waals surface area contributed by atoms with Gasteiger partial charge in [0.15, 0.2) is 17.3 Å². The Kier molecular flexibility index (Phi) is 5.79. The van der Waals surface area contributed by atoms with Crippen molar-refractivity contribution in [2.24, 2.45) is 10.9 Å². The van der Waals surface area contributed by atoms with Crippen LogP contribution in [0, 0.1) is 0 Å². The third-order valence-electron chi connectivity index (χ3n) is 2.36. The standard InChI is InChI=1S/C12H19N3O3/c1-15(9-12(13)14-16)7-8-18-11-6-4-3-5-10(11)17-2/h3-6,16H,7-9H2,1-2H3,(H2,13,14). The first kappa shape index (κ1) is 14.1. The van der Waals surface area contributed by atoms with Crippen LogP contribution in [0.2, 0.25) is 0 Å². The lowest BCUT2D eigenvalue weighted by atomic mass is 10.3. The van der Waals surface area contributed by atoms with Gasteiger partial charge in [0, 0.05) is 6.54 Å². The van der Waals surface area contributed by atoms with E-state index in [0.29, 0.717) is 31.2 Å². The van der Waals surface area contributed by atoms with Gasteiger partial charge in [0.25, 0.3) is 0 Å². The van der Waals surface area contributed by atoms with Gasteiger partial charge in [-0.05, 0) is 19.2 Å². The number of ether oxygens (including phenoxy) is 2. The van der Waals surface area contributed by atoms with E-state index in [1.165, 1.54) is 0 Å². The Hall–Kier alpha value is -1.95. The molecule has 3 N–H and O–H groups in total. The third kappa shape index (κ3) is 4.50. The van der Waals surface area contributed by atoms with Gasteiger partial charge in [-0.2, -0.15) is 0 Å². The molecule has 0 aromatic heterocycles. The topological polar surface area (TPSA) is 80.3 Å². The van der Waals surface area contributed by atoms with Gasteiger partial charge in [-0.3, -0.25) is 4.90 Å². The normalized spacial score (nSPS) is 11.6. The molecule has 0 atom stereocenters. The number of rotatable bonds is 7. The number of benzene rings is 1. The van der Waals surface area contributed by atoms with Crippen molar-refractivity contribution in [2.45, 2.75) is 0 Å². The molecular weight excluding hydrogens is 234 g/mol. The van der Waals surface area contributed by atoms with E-state index in [1.54, 1.807) is 7.11 Å². The molecule has 0 fully saturated rings. The summed E-state index contributed by atoms with van der Waals surface area (Å²) in [5, 5.41) is 11.4. The van der Waals surface area contributed by atoms with Crippen molar-refractivity contribution >= 4 is 5.84 Å². The third-order valence-corrected chi connectivity index (χ3v) is 2.36. The van der Waals surface area contributed by atoms with E-state index in [4.69, 9.17) is 20.4 Å². The van der Waals surface area contributed by atoms with Crippen LogP contribution in [0.5, 0.6) is 11.5 Å². The summed E-state index contributed by atoms with van der Waals surface area (Å²) in [6, 6.07) is 7.46. The Labute approximate surface area is 107 Å². The Balaban J connectivity index is 2.37. The fourth-order valence-corrected chi connectivity index (χ4v) is 1.44. The van der Waals surface area contributed by atoms with Crippen LogP contribution < -0.4 is 15.2 Å². The molecule has 100 valence electrons. The maximum Gasteiger partial charge on any atom is 0.161 e. The van der Waals surface area contributed by atoms with Crippen molar-refractivity contribution in [2.75, 3.05) is 33.9 Å². The van der Waals surface area contributed by atoms with Crippen molar-refractivity contribution < 1.29 is 14.7 Å². The number of hydrogen-bond acceptors (Lipinski definition) is 5. The molecular formula is C12H19N3O3. The van der Waals surface area contributed by atoms with Gasteiger partial charge in [-0.1, -0.05) is 17.3 Å². The van der Waals surface area contributed by atoms with Crippen LogP contribution in [0.1, 0.15) is 0 Å². The Morgan fingerprint density at radius 1 is 1.39 bits per heavy atom. The summed E-state index contributed by atoms with van der Waals surface area (Å²) in [4.78, 5) is 1.89. The summed E-state index contributed by atoms with van der Waals surface area (Å²) in [6.45, 7) is 1.55. The number of oxime groups is 1. The quantitative estimate of drug-likeness (QED) is 0.324. The first-order chi connectivity index (χ1) is 8.67. The maximum atomic E-state index is 8.44. The Morgan fingerprint density at radius 3 is 2.67 bits per heavy atom. The average Bonchev–Trinajstić information content (AvgIpc) is 2.39. The summed E-state index contributed by atoms with van der Waals surface area (Å²) < 4.78 is 10.8. The van der Waals surface area contributed by atoms with Crippen LogP contribution in [-0.4, -0.2) is 49.8 Å². The molecule has 0 unspecified atom stereocenters. The van der Waals surface area contributed by atoms with E-state index >= 15 is 0 Å². The molecule has 6 heteroatoms. The molecule has 0 spiro atoms. The molecule has 0 radical (unpaired) electrons. The number of amidine groups is 1. The minimum atomic E-state index is 0.176. The predicted octanol–water partition coefficient (Wildman–Crippen LogP) is 0.752. The fraction of sp³-hybridized carbons (Fsp3) is 0.417. The largest absolute Gasteiger partial charge is 0.493 e. The first-order valence-corrected chi connectivity index (χ1v) is 5.58. The number of likely N-dealkylation sites (N-methyl/N-ethyl adjacent to an activating group) is 1. The summed E-state index contributed by atoms with van der Waals surface area (Å²) in [6.07, 6.45) is 0. The highest BCUT2D eigenvalue weighted by Crippen LogP contribution is 2.25. The van der Waals surface area contributed by atoms with Crippen molar-refractivity contribution in [3.05, 3.63) is 24.3 Å². The highest BCUT2D eigenvalue weighted by atomic mass is 16.5. The van der Waals surface area contributed by atoms with E-state index in [0.717, 1.165) is 0 Å². The molecule has 0 aliphatic rings. The van der Waals surface area contributed by atoms with Crippen molar-refractivity contribution in [1.29, 1.82) is 0 Å². The van der Waals surface area contributed by atoms with E-state index in [1.807, 2.05) is 36.2 Å². The monoisotopic (exact) mass is 253 g/mol. The summed E-state index contributed by atoms with van der Waals surface area (Å²) in [7, 11) is 3.47. The van der Waals surface area contributed by atoms with Gasteiger partial charge in [-0.15, -0.1) is 0 Å². The van der Waals surface area contributed by atoms with Crippen LogP contribution in [0.15, 0.2) is 29.4 Å². The number of para-hydroxylation sites is 2. The van der Waals surface area contributed by atoms with Gasteiger partial charge in [0.2, 0.25) is 0 Å². The average molecular weight is 253 g/mol. The molecule has 0 aliphatic heterocycles. The maximum absolute atomic E-state index is 8.44. The van der Waals surface area contributed by atoms with Crippen molar-refractivity contribution in [3.8, 4) is 11.5 Å². The van der Waals surface area contributed by atoms with Crippen LogP contribution >= 0.6 is 0 Å². The Bertz CT molecular complexity index is 396. The van der Waals surface area contributed by atoms with Gasteiger partial charge < -0.3 is 20.4 Å². The molecule has 0 saturated heterocycles. The van der Waals surface area contributed by atoms with E-state index < -0.39 is 0 Å². The van der Waals surface area contributed by atoms with Gasteiger partial charge in [0.1, 0.15) is 6.61 Å². The Morgan fingerprint density at radius 2 is 2.06 bits per heavy atom. The van der Waals surface area contributed by atoms with Gasteiger partial charge >= 0.3 is 0 Å². The van der Waals surface area contributed by atoms with Crippen LogP contribution in [-0.2, 0) is 0 Å². The zero-order chi connectivity index (χ0) is 13.4. The lowest BCUT2D eigenvalue weighted by molar-refractivity contribution is 0.241. The molecule has 0 saturated carbocycles. The number of methoxy groups -OCH3 is 1. The minimum absolute atomic E-state index is 0.176. The molecule has 1 aromatic carbocycles. The molecule has 6 nitrogen and oxygen atoms in total. The molecule has 0 aliphatic carbocycles. The van der Waals surface area contributed by atoms with E-state index in [9.17, 15) is 0 Å². The van der Waals surface area contributed by atoms with Crippen molar-refractivity contribution in [3.63, 3.8) is 0 Å². The second kappa shape index (κ2) is 7.39. The smallest absolute Gasteiger partial charge is 0.161 e. The van der Waals surface area contributed by atoms with Gasteiger partial charge in [-0.25, -0.2) is 0 Å². The zero-order valence-corrected chi connectivity index (χ0v) is 10.7. The van der Waals surface area contributed by atoms with E-state index in [-0.39, 0.29) is 5.84 Å². The molecule has 0 heterocycles. The molecule has 1 rings (SSSR count). The lowest BCUT2D eigenvalue weighted by Crippen LogP contribution is -2.33. The fourth-order valence-electron chi connectivity index (χ4n) is 1.44.